The number of halogens is 1. The molecule has 0 amide bonds. The summed E-state index contributed by atoms with van der Waals surface area (Å²) in [5, 5.41) is 4.95. The standard InChI is InChI=1S/C22H18ClN5/c1-15-10-12-17(13-11-15)25-22(21-26-19-8-4-5-9-20(19)27-21)28-24-14-16-6-2-3-7-18(16)23/h2-14H,1H3,(H,25,28)(H,26,27)/b24-14-. The molecule has 0 bridgehead atoms. The third kappa shape index (κ3) is 4.10. The number of aryl methyl sites for hydroxylation is 1. The molecule has 3 aromatic carbocycles. The number of aliphatic imine (C=N–C) groups is 1. The summed E-state index contributed by atoms with van der Waals surface area (Å²) in [5.41, 5.74) is 7.60. The zero-order chi connectivity index (χ0) is 19.3. The summed E-state index contributed by atoms with van der Waals surface area (Å²) in [6.45, 7) is 2.04. The molecule has 0 saturated carbocycles. The lowest BCUT2D eigenvalue weighted by Gasteiger charge is -2.04. The zero-order valence-electron chi connectivity index (χ0n) is 15.2. The van der Waals surface area contributed by atoms with Crippen molar-refractivity contribution in [1.29, 1.82) is 0 Å². The van der Waals surface area contributed by atoms with Crippen molar-refractivity contribution in [3.63, 3.8) is 0 Å². The molecule has 0 spiro atoms. The third-order valence-corrected chi connectivity index (χ3v) is 4.51. The largest absolute Gasteiger partial charge is 0.335 e. The van der Waals surface area contributed by atoms with Gasteiger partial charge in [-0.05, 0) is 37.3 Å². The molecule has 0 saturated heterocycles. The number of hydrazone groups is 1. The molecule has 0 aliphatic rings. The van der Waals surface area contributed by atoms with Crippen LogP contribution in [0.5, 0.6) is 0 Å². The van der Waals surface area contributed by atoms with Crippen LogP contribution in [-0.2, 0) is 0 Å². The van der Waals surface area contributed by atoms with Gasteiger partial charge in [0.05, 0.1) is 22.9 Å². The Hall–Kier alpha value is -3.44. The number of aromatic amines is 1. The highest BCUT2D eigenvalue weighted by atomic mass is 35.5. The molecule has 1 aromatic heterocycles. The topological polar surface area (TPSA) is 65.4 Å². The molecule has 0 fully saturated rings. The van der Waals surface area contributed by atoms with Gasteiger partial charge in [0.2, 0.25) is 0 Å². The lowest BCUT2D eigenvalue weighted by atomic mass is 10.2. The summed E-state index contributed by atoms with van der Waals surface area (Å²) >= 11 is 6.19. The molecule has 5 nitrogen and oxygen atoms in total. The minimum atomic E-state index is 0.517. The average Bonchev–Trinajstić information content (AvgIpc) is 3.14. The van der Waals surface area contributed by atoms with E-state index < -0.39 is 0 Å². The van der Waals surface area contributed by atoms with Gasteiger partial charge in [-0.2, -0.15) is 5.10 Å². The number of para-hydroxylation sites is 2. The molecule has 2 N–H and O–H groups in total. The number of amidine groups is 1. The van der Waals surface area contributed by atoms with E-state index in [9.17, 15) is 0 Å². The van der Waals surface area contributed by atoms with Crippen LogP contribution in [0.3, 0.4) is 0 Å². The van der Waals surface area contributed by atoms with Crippen LogP contribution in [0.1, 0.15) is 17.0 Å². The second kappa shape index (κ2) is 8.06. The number of hydrogen-bond acceptors (Lipinski definition) is 3. The first kappa shape index (κ1) is 17.9. The van der Waals surface area contributed by atoms with Crippen LogP contribution in [0.25, 0.3) is 11.0 Å². The quantitative estimate of drug-likeness (QED) is 0.286. The van der Waals surface area contributed by atoms with Gasteiger partial charge in [0.15, 0.2) is 11.7 Å². The Balaban J connectivity index is 1.68. The van der Waals surface area contributed by atoms with Crippen molar-refractivity contribution in [2.24, 2.45) is 10.1 Å². The minimum absolute atomic E-state index is 0.517. The van der Waals surface area contributed by atoms with E-state index in [1.807, 2.05) is 79.7 Å². The first-order valence-electron chi connectivity index (χ1n) is 8.83. The van der Waals surface area contributed by atoms with Gasteiger partial charge in [0.25, 0.3) is 0 Å². The molecular weight excluding hydrogens is 370 g/mol. The molecule has 0 aliphatic carbocycles. The van der Waals surface area contributed by atoms with Gasteiger partial charge >= 0.3 is 0 Å². The van der Waals surface area contributed by atoms with E-state index in [4.69, 9.17) is 11.6 Å². The second-order valence-electron chi connectivity index (χ2n) is 6.29. The van der Waals surface area contributed by atoms with Gasteiger partial charge in [0.1, 0.15) is 0 Å². The molecule has 28 heavy (non-hydrogen) atoms. The Bertz CT molecular complexity index is 1130. The first-order valence-corrected chi connectivity index (χ1v) is 9.21. The van der Waals surface area contributed by atoms with Gasteiger partial charge in [-0.25, -0.2) is 9.98 Å². The average molecular weight is 388 g/mol. The van der Waals surface area contributed by atoms with E-state index in [0.29, 0.717) is 16.7 Å². The van der Waals surface area contributed by atoms with E-state index in [-0.39, 0.29) is 0 Å². The molecule has 0 radical (unpaired) electrons. The molecule has 4 rings (SSSR count). The molecule has 1 heterocycles. The molecule has 4 aromatic rings. The number of rotatable bonds is 4. The van der Waals surface area contributed by atoms with Crippen molar-refractivity contribution >= 4 is 40.4 Å². The van der Waals surface area contributed by atoms with Crippen molar-refractivity contribution < 1.29 is 0 Å². The normalized spacial score (nSPS) is 12.0. The molecule has 0 aliphatic heterocycles. The highest BCUT2D eigenvalue weighted by Crippen LogP contribution is 2.16. The molecule has 0 atom stereocenters. The van der Waals surface area contributed by atoms with Crippen molar-refractivity contribution in [3.05, 3.63) is 94.8 Å². The van der Waals surface area contributed by atoms with Crippen molar-refractivity contribution in [2.45, 2.75) is 6.92 Å². The minimum Gasteiger partial charge on any atom is -0.335 e. The number of benzene rings is 3. The summed E-state index contributed by atoms with van der Waals surface area (Å²) in [7, 11) is 0. The predicted octanol–water partition coefficient (Wildman–Crippen LogP) is 5.23. The predicted molar refractivity (Wildman–Crippen MR) is 116 cm³/mol. The van der Waals surface area contributed by atoms with Crippen LogP contribution < -0.4 is 5.43 Å². The number of H-pyrrole nitrogens is 1. The Labute approximate surface area is 167 Å². The number of fused-ring (bicyclic) bond motifs is 1. The van der Waals surface area contributed by atoms with E-state index in [1.54, 1.807) is 6.21 Å². The Morgan fingerprint density at radius 1 is 1.00 bits per heavy atom. The van der Waals surface area contributed by atoms with Gasteiger partial charge in [-0.15, -0.1) is 0 Å². The smallest absolute Gasteiger partial charge is 0.190 e. The van der Waals surface area contributed by atoms with Crippen LogP contribution in [0.15, 0.2) is 82.9 Å². The Morgan fingerprint density at radius 3 is 2.54 bits per heavy atom. The van der Waals surface area contributed by atoms with E-state index >= 15 is 0 Å². The van der Waals surface area contributed by atoms with Crippen molar-refractivity contribution in [3.8, 4) is 0 Å². The summed E-state index contributed by atoms with van der Waals surface area (Å²) < 4.78 is 0. The SMILES string of the molecule is Cc1ccc(N=C(N/N=C\c2ccccc2Cl)c2nc3ccccc3[nH]2)cc1. The molecule has 6 heteroatoms. The maximum atomic E-state index is 6.19. The fourth-order valence-electron chi connectivity index (χ4n) is 2.69. The second-order valence-corrected chi connectivity index (χ2v) is 6.70. The summed E-state index contributed by atoms with van der Waals surface area (Å²) in [6.07, 6.45) is 1.66. The van der Waals surface area contributed by atoms with E-state index in [1.165, 1.54) is 5.56 Å². The zero-order valence-corrected chi connectivity index (χ0v) is 16.0. The molecule has 0 unspecified atom stereocenters. The Morgan fingerprint density at radius 2 is 1.75 bits per heavy atom. The number of nitrogens with zero attached hydrogens (tertiary/aromatic N) is 3. The lowest BCUT2D eigenvalue weighted by Crippen LogP contribution is -2.20. The maximum Gasteiger partial charge on any atom is 0.190 e. The van der Waals surface area contributed by atoms with Crippen molar-refractivity contribution in [1.82, 2.24) is 15.4 Å². The number of nitrogens with one attached hydrogen (secondary N) is 2. The molecular formula is C22H18ClN5. The lowest BCUT2D eigenvalue weighted by molar-refractivity contribution is 1.01. The van der Waals surface area contributed by atoms with Crippen LogP contribution in [0.2, 0.25) is 5.02 Å². The first-order chi connectivity index (χ1) is 13.7. The van der Waals surface area contributed by atoms with Gasteiger partial charge in [0, 0.05) is 10.6 Å². The maximum absolute atomic E-state index is 6.19. The van der Waals surface area contributed by atoms with Crippen LogP contribution in [0, 0.1) is 6.92 Å². The van der Waals surface area contributed by atoms with Gasteiger partial charge in [-0.1, -0.05) is 59.6 Å². The van der Waals surface area contributed by atoms with E-state index in [0.717, 1.165) is 22.3 Å². The summed E-state index contributed by atoms with van der Waals surface area (Å²) in [5.74, 6) is 1.13. The number of aromatic nitrogens is 2. The molecule has 138 valence electrons. The van der Waals surface area contributed by atoms with Crippen LogP contribution in [-0.4, -0.2) is 22.0 Å². The fraction of sp³-hybridized carbons (Fsp3) is 0.0455. The highest BCUT2D eigenvalue weighted by Gasteiger charge is 2.09. The monoisotopic (exact) mass is 387 g/mol. The van der Waals surface area contributed by atoms with Crippen LogP contribution in [0.4, 0.5) is 5.69 Å². The third-order valence-electron chi connectivity index (χ3n) is 4.17. The van der Waals surface area contributed by atoms with Gasteiger partial charge < -0.3 is 4.98 Å². The number of hydrogen-bond donors (Lipinski definition) is 2. The van der Waals surface area contributed by atoms with Crippen LogP contribution >= 0.6 is 11.6 Å². The highest BCUT2D eigenvalue weighted by molar-refractivity contribution is 6.33. The number of imidazole rings is 1. The summed E-state index contributed by atoms with van der Waals surface area (Å²) in [4.78, 5) is 12.6. The summed E-state index contributed by atoms with van der Waals surface area (Å²) in [6, 6.07) is 23.3. The Kier molecular flexibility index (Phi) is 5.17. The van der Waals surface area contributed by atoms with Gasteiger partial charge in [-0.3, -0.25) is 5.43 Å². The van der Waals surface area contributed by atoms with E-state index in [2.05, 4.69) is 25.5 Å². The van der Waals surface area contributed by atoms with Crippen molar-refractivity contribution in [2.75, 3.05) is 0 Å². The fourth-order valence-corrected chi connectivity index (χ4v) is 2.87.